The lowest BCUT2D eigenvalue weighted by Crippen LogP contribution is -2.32. The Labute approximate surface area is 176 Å². The highest BCUT2D eigenvalue weighted by Gasteiger charge is 2.23. The highest BCUT2D eigenvalue weighted by molar-refractivity contribution is 7.89. The number of halogens is 1. The maximum atomic E-state index is 14.1. The molecule has 1 amide bonds. The molecule has 160 valence electrons. The van der Waals surface area contributed by atoms with Crippen LogP contribution in [-0.4, -0.2) is 33.5 Å². The van der Waals surface area contributed by atoms with Crippen molar-refractivity contribution in [3.63, 3.8) is 0 Å². The number of hydrogen-bond acceptors (Lipinski definition) is 4. The van der Waals surface area contributed by atoms with Crippen molar-refractivity contribution in [2.45, 2.75) is 49.5 Å². The number of rotatable bonds is 6. The third kappa shape index (κ3) is 4.82. The first-order valence-corrected chi connectivity index (χ1v) is 11.9. The summed E-state index contributed by atoms with van der Waals surface area (Å²) < 4.78 is 42.1. The Morgan fingerprint density at radius 1 is 1.00 bits per heavy atom. The SMILES string of the molecule is O=C(Nc1cc(F)cc(N2CCCC2)c1)c1cccc(S(=O)(=O)NC2CCCC2)c1. The molecule has 0 unspecified atom stereocenters. The number of amides is 1. The molecule has 1 aliphatic carbocycles. The Morgan fingerprint density at radius 3 is 2.47 bits per heavy atom. The van der Waals surface area contributed by atoms with Gasteiger partial charge in [-0.1, -0.05) is 18.9 Å². The first kappa shape index (κ1) is 20.8. The normalized spacial score (nSPS) is 17.4. The minimum Gasteiger partial charge on any atom is -0.371 e. The Bertz CT molecular complexity index is 1030. The van der Waals surface area contributed by atoms with Crippen molar-refractivity contribution in [3.05, 3.63) is 53.8 Å². The summed E-state index contributed by atoms with van der Waals surface area (Å²) in [5.74, 6) is -0.905. The van der Waals surface area contributed by atoms with E-state index in [0.717, 1.165) is 57.3 Å². The van der Waals surface area contributed by atoms with Gasteiger partial charge in [0.25, 0.3) is 5.91 Å². The summed E-state index contributed by atoms with van der Waals surface area (Å²) in [6, 6.07) is 10.3. The molecular formula is C22H26FN3O3S. The quantitative estimate of drug-likeness (QED) is 0.727. The molecule has 2 aliphatic rings. The number of nitrogens with zero attached hydrogens (tertiary/aromatic N) is 1. The third-order valence-corrected chi connectivity index (χ3v) is 7.21. The van der Waals surface area contributed by atoms with Gasteiger partial charge in [0.2, 0.25) is 10.0 Å². The second-order valence-corrected chi connectivity index (χ2v) is 9.69. The van der Waals surface area contributed by atoms with E-state index in [2.05, 4.69) is 14.9 Å². The molecule has 1 aliphatic heterocycles. The summed E-state index contributed by atoms with van der Waals surface area (Å²) >= 11 is 0. The van der Waals surface area contributed by atoms with E-state index in [9.17, 15) is 17.6 Å². The molecule has 1 saturated heterocycles. The smallest absolute Gasteiger partial charge is 0.255 e. The van der Waals surface area contributed by atoms with E-state index in [-0.39, 0.29) is 16.5 Å². The van der Waals surface area contributed by atoms with Crippen molar-refractivity contribution in [1.82, 2.24) is 4.72 Å². The number of carbonyl (C=O) groups is 1. The molecule has 8 heteroatoms. The van der Waals surface area contributed by atoms with E-state index in [1.54, 1.807) is 18.2 Å². The van der Waals surface area contributed by atoms with E-state index in [1.165, 1.54) is 24.3 Å². The highest BCUT2D eigenvalue weighted by atomic mass is 32.2. The number of carbonyl (C=O) groups excluding carboxylic acids is 1. The maximum absolute atomic E-state index is 14.1. The van der Waals surface area contributed by atoms with Crippen LogP contribution in [0.15, 0.2) is 47.4 Å². The summed E-state index contributed by atoms with van der Waals surface area (Å²) in [6.07, 6.45) is 5.82. The van der Waals surface area contributed by atoms with Crippen LogP contribution in [0.3, 0.4) is 0 Å². The molecule has 0 bridgehead atoms. The zero-order valence-electron chi connectivity index (χ0n) is 16.7. The van der Waals surface area contributed by atoms with Gasteiger partial charge < -0.3 is 10.2 Å². The van der Waals surface area contributed by atoms with E-state index in [0.29, 0.717) is 5.69 Å². The molecule has 2 aromatic carbocycles. The van der Waals surface area contributed by atoms with E-state index in [4.69, 9.17) is 0 Å². The highest BCUT2D eigenvalue weighted by Crippen LogP contribution is 2.26. The van der Waals surface area contributed by atoms with Crippen molar-refractivity contribution >= 4 is 27.3 Å². The minimum absolute atomic E-state index is 0.0521. The van der Waals surface area contributed by atoms with Crippen LogP contribution in [0, 0.1) is 5.82 Å². The van der Waals surface area contributed by atoms with Gasteiger partial charge in [-0.05, 0) is 62.1 Å². The zero-order chi connectivity index (χ0) is 21.1. The van der Waals surface area contributed by atoms with Crippen molar-refractivity contribution in [1.29, 1.82) is 0 Å². The Balaban J connectivity index is 1.51. The van der Waals surface area contributed by atoms with E-state index in [1.807, 2.05) is 0 Å². The molecule has 2 aromatic rings. The average molecular weight is 432 g/mol. The molecular weight excluding hydrogens is 405 g/mol. The molecule has 0 spiro atoms. The van der Waals surface area contributed by atoms with Crippen LogP contribution in [0.2, 0.25) is 0 Å². The van der Waals surface area contributed by atoms with Crippen LogP contribution >= 0.6 is 0 Å². The summed E-state index contributed by atoms with van der Waals surface area (Å²) in [5, 5.41) is 2.69. The van der Waals surface area contributed by atoms with Gasteiger partial charge in [0, 0.05) is 36.1 Å². The summed E-state index contributed by atoms with van der Waals surface area (Å²) in [5.41, 5.74) is 1.29. The molecule has 1 heterocycles. The van der Waals surface area contributed by atoms with Gasteiger partial charge in [0.05, 0.1) is 4.90 Å². The molecule has 30 heavy (non-hydrogen) atoms. The van der Waals surface area contributed by atoms with Crippen LogP contribution in [0.1, 0.15) is 48.9 Å². The van der Waals surface area contributed by atoms with Gasteiger partial charge in [-0.15, -0.1) is 0 Å². The lowest BCUT2D eigenvalue weighted by atomic mass is 10.2. The monoisotopic (exact) mass is 431 g/mol. The third-order valence-electron chi connectivity index (χ3n) is 5.70. The molecule has 2 N–H and O–H groups in total. The molecule has 2 fully saturated rings. The number of anilines is 2. The largest absolute Gasteiger partial charge is 0.371 e. The summed E-state index contributed by atoms with van der Waals surface area (Å²) in [7, 11) is -3.69. The standard InChI is InChI=1S/C22H26FN3O3S/c23-17-13-19(15-20(14-17)26-10-3-4-11-26)24-22(27)16-6-5-9-21(12-16)30(28,29)25-18-7-1-2-8-18/h5-6,9,12-15,18,25H,1-4,7-8,10-11H2,(H,24,27). The van der Waals surface area contributed by atoms with Gasteiger partial charge in [0.1, 0.15) is 5.82 Å². The first-order chi connectivity index (χ1) is 14.4. The fraction of sp³-hybridized carbons (Fsp3) is 0.409. The predicted molar refractivity (Wildman–Crippen MR) is 115 cm³/mol. The molecule has 0 atom stereocenters. The van der Waals surface area contributed by atoms with Crippen LogP contribution in [-0.2, 0) is 10.0 Å². The summed E-state index contributed by atoms with van der Waals surface area (Å²) in [6.45, 7) is 1.73. The van der Waals surface area contributed by atoms with Crippen LogP contribution in [0.25, 0.3) is 0 Å². The van der Waals surface area contributed by atoms with Crippen molar-refractivity contribution in [2.75, 3.05) is 23.3 Å². The van der Waals surface area contributed by atoms with E-state index >= 15 is 0 Å². The predicted octanol–water partition coefficient (Wildman–Crippen LogP) is 3.90. The van der Waals surface area contributed by atoms with Crippen LogP contribution in [0.4, 0.5) is 15.8 Å². The Morgan fingerprint density at radius 2 is 1.73 bits per heavy atom. The zero-order valence-corrected chi connectivity index (χ0v) is 17.6. The molecule has 4 rings (SSSR count). The minimum atomic E-state index is -3.69. The maximum Gasteiger partial charge on any atom is 0.255 e. The van der Waals surface area contributed by atoms with E-state index < -0.39 is 21.7 Å². The van der Waals surface area contributed by atoms with Crippen LogP contribution < -0.4 is 14.9 Å². The number of benzene rings is 2. The average Bonchev–Trinajstić information content (AvgIpc) is 3.41. The second kappa shape index (κ2) is 8.73. The molecule has 1 saturated carbocycles. The molecule has 0 radical (unpaired) electrons. The Kier molecular flexibility index (Phi) is 6.06. The lowest BCUT2D eigenvalue weighted by molar-refractivity contribution is 0.102. The van der Waals surface area contributed by atoms with Gasteiger partial charge in [-0.3, -0.25) is 4.79 Å². The van der Waals surface area contributed by atoms with Crippen molar-refractivity contribution in [3.8, 4) is 0 Å². The number of hydrogen-bond donors (Lipinski definition) is 2. The molecule has 0 aromatic heterocycles. The topological polar surface area (TPSA) is 78.5 Å². The van der Waals surface area contributed by atoms with Crippen molar-refractivity contribution < 1.29 is 17.6 Å². The van der Waals surface area contributed by atoms with Gasteiger partial charge in [-0.25, -0.2) is 17.5 Å². The van der Waals surface area contributed by atoms with Gasteiger partial charge >= 0.3 is 0 Å². The van der Waals surface area contributed by atoms with Crippen molar-refractivity contribution in [2.24, 2.45) is 0 Å². The summed E-state index contributed by atoms with van der Waals surface area (Å²) in [4.78, 5) is 14.9. The number of sulfonamides is 1. The molecule has 6 nitrogen and oxygen atoms in total. The fourth-order valence-electron chi connectivity index (χ4n) is 4.14. The van der Waals surface area contributed by atoms with Gasteiger partial charge in [-0.2, -0.15) is 0 Å². The first-order valence-electron chi connectivity index (χ1n) is 10.4. The number of nitrogens with one attached hydrogen (secondary N) is 2. The van der Waals surface area contributed by atoms with Gasteiger partial charge in [0.15, 0.2) is 0 Å². The lowest BCUT2D eigenvalue weighted by Gasteiger charge is -2.19. The fourth-order valence-corrected chi connectivity index (χ4v) is 5.49. The Hall–Kier alpha value is -2.45. The second-order valence-electron chi connectivity index (χ2n) is 7.98. The van der Waals surface area contributed by atoms with Crippen LogP contribution in [0.5, 0.6) is 0 Å².